The van der Waals surface area contributed by atoms with Gasteiger partial charge in [-0.05, 0) is 27.5 Å². The molecule has 0 saturated carbocycles. The van der Waals surface area contributed by atoms with E-state index in [1.54, 1.807) is 20.8 Å². The summed E-state index contributed by atoms with van der Waals surface area (Å²) in [5.74, 6) is -3.04. The summed E-state index contributed by atoms with van der Waals surface area (Å²) in [7, 11) is 1.39. The van der Waals surface area contributed by atoms with Crippen LogP contribution in [0.4, 0.5) is 4.39 Å². The van der Waals surface area contributed by atoms with Gasteiger partial charge < -0.3 is 23.7 Å². The zero-order chi connectivity index (χ0) is 27.7. The molecule has 14 heteroatoms. The molecule has 202 valence electrons. The molecule has 3 rings (SSSR count). The molecule has 1 unspecified atom stereocenters. The Labute approximate surface area is 211 Å². The van der Waals surface area contributed by atoms with Crippen molar-refractivity contribution in [3.05, 3.63) is 34.0 Å². The van der Waals surface area contributed by atoms with Crippen LogP contribution in [0.25, 0.3) is 5.69 Å². The Bertz CT molecular complexity index is 1250. The van der Waals surface area contributed by atoms with Crippen LogP contribution in [0.2, 0.25) is 0 Å². The highest BCUT2D eigenvalue weighted by Gasteiger charge is 2.48. The summed E-state index contributed by atoms with van der Waals surface area (Å²) in [5.41, 5.74) is -0.977. The average molecular weight is 525 g/mol. The Kier molecular flexibility index (Phi) is 8.00. The number of carbonyl (C=O) groups is 3. The van der Waals surface area contributed by atoms with Crippen LogP contribution in [0.3, 0.4) is 0 Å². The van der Waals surface area contributed by atoms with Gasteiger partial charge in [0.15, 0.2) is 18.0 Å². The fourth-order valence-electron chi connectivity index (χ4n) is 3.78. The van der Waals surface area contributed by atoms with Crippen LogP contribution in [-0.4, -0.2) is 68.9 Å². The van der Waals surface area contributed by atoms with Gasteiger partial charge in [0.05, 0.1) is 6.61 Å². The molecule has 1 saturated heterocycles. The second kappa shape index (κ2) is 10.7. The third kappa shape index (κ3) is 6.31. The van der Waals surface area contributed by atoms with Crippen LogP contribution in [0.15, 0.2) is 16.9 Å². The molecule has 0 amide bonds. The van der Waals surface area contributed by atoms with Crippen LogP contribution in [0.1, 0.15) is 47.1 Å². The highest BCUT2D eigenvalue weighted by Crippen LogP contribution is 2.35. The zero-order valence-corrected chi connectivity index (χ0v) is 21.5. The Morgan fingerprint density at radius 3 is 2.11 bits per heavy atom. The normalized spacial score (nSPS) is 21.7. The second-order valence-electron chi connectivity index (χ2n) is 9.46. The van der Waals surface area contributed by atoms with E-state index >= 15 is 4.39 Å². The van der Waals surface area contributed by atoms with Gasteiger partial charge in [0, 0.05) is 33.9 Å². The molecule has 1 aliphatic rings. The minimum Gasteiger partial charge on any atom is -0.458 e. The summed E-state index contributed by atoms with van der Waals surface area (Å²) in [4.78, 5) is 47.9. The van der Waals surface area contributed by atoms with E-state index in [0.717, 1.165) is 36.2 Å². The fourth-order valence-corrected chi connectivity index (χ4v) is 3.78. The van der Waals surface area contributed by atoms with Gasteiger partial charge in [0.2, 0.25) is 12.4 Å². The smallest absolute Gasteiger partial charge is 0.368 e. The first-order chi connectivity index (χ1) is 17.2. The quantitative estimate of drug-likeness (QED) is 0.392. The van der Waals surface area contributed by atoms with Gasteiger partial charge in [-0.2, -0.15) is 9.36 Å². The van der Waals surface area contributed by atoms with E-state index in [-0.39, 0.29) is 23.6 Å². The van der Waals surface area contributed by atoms with E-state index in [1.165, 1.54) is 13.1 Å². The van der Waals surface area contributed by atoms with Crippen molar-refractivity contribution in [3.63, 3.8) is 0 Å². The third-order valence-electron chi connectivity index (χ3n) is 5.35. The maximum absolute atomic E-state index is 15.2. The molecule has 1 aliphatic heterocycles. The summed E-state index contributed by atoms with van der Waals surface area (Å²) in [6.45, 7) is 8.44. The van der Waals surface area contributed by atoms with Gasteiger partial charge in [-0.3, -0.25) is 14.4 Å². The molecular formula is C23H29FN4O9. The van der Waals surface area contributed by atoms with Crippen molar-refractivity contribution in [2.24, 2.45) is 7.05 Å². The number of carbonyl (C=O) groups excluding carboxylic acids is 3. The minimum atomic E-state index is -1.45. The van der Waals surface area contributed by atoms with Crippen LogP contribution >= 0.6 is 0 Å². The van der Waals surface area contributed by atoms with Gasteiger partial charge in [0.25, 0.3) is 0 Å². The highest BCUT2D eigenvalue weighted by molar-refractivity contribution is 5.68. The molecule has 4 atom stereocenters. The fraction of sp³-hybridized carbons (Fsp3) is 0.565. The van der Waals surface area contributed by atoms with Crippen molar-refractivity contribution in [1.82, 2.24) is 19.8 Å². The molecule has 1 fully saturated rings. The van der Waals surface area contributed by atoms with E-state index in [9.17, 15) is 19.2 Å². The number of halogens is 1. The van der Waals surface area contributed by atoms with Crippen molar-refractivity contribution < 1.29 is 42.5 Å². The van der Waals surface area contributed by atoms with Gasteiger partial charge in [-0.1, -0.05) is 20.8 Å². The van der Waals surface area contributed by atoms with Crippen molar-refractivity contribution in [3.8, 4) is 11.4 Å². The molecule has 1 aromatic carbocycles. The summed E-state index contributed by atoms with van der Waals surface area (Å²) < 4.78 is 44.5. The number of hydrogen-bond acceptors (Lipinski definition) is 11. The van der Waals surface area contributed by atoms with Crippen LogP contribution in [0.5, 0.6) is 5.75 Å². The van der Waals surface area contributed by atoms with E-state index in [2.05, 4.69) is 10.4 Å². The Morgan fingerprint density at radius 2 is 1.59 bits per heavy atom. The van der Waals surface area contributed by atoms with Crippen molar-refractivity contribution >= 4 is 17.9 Å². The molecule has 2 aromatic rings. The summed E-state index contributed by atoms with van der Waals surface area (Å²) in [5, 5.41) is 7.51. The lowest BCUT2D eigenvalue weighted by Crippen LogP contribution is -2.59. The molecule has 0 bridgehead atoms. The number of tetrazole rings is 1. The average Bonchev–Trinajstić information content (AvgIpc) is 3.08. The van der Waals surface area contributed by atoms with Crippen LogP contribution in [-0.2, 0) is 45.8 Å². The molecule has 0 N–H and O–H groups in total. The number of aryl methyl sites for hydroxylation is 1. The maximum atomic E-state index is 15.2. The summed E-state index contributed by atoms with van der Waals surface area (Å²) in [6.07, 6.45) is -5.29. The molecular weight excluding hydrogens is 495 g/mol. The molecule has 1 aromatic heterocycles. The number of ether oxygens (including phenoxy) is 5. The van der Waals surface area contributed by atoms with E-state index in [4.69, 9.17) is 23.7 Å². The largest absolute Gasteiger partial charge is 0.458 e. The SMILES string of the molecule is CC(=O)O[C@H]1[C@H](OC(C)=O)C(Oc2cc(F)c(C(C)(C)C)cc2-n2nnn(C)c2=O)OC[C@H]1OC(C)=O. The lowest BCUT2D eigenvalue weighted by Gasteiger charge is -2.40. The predicted octanol–water partition coefficient (Wildman–Crippen LogP) is 0.933. The van der Waals surface area contributed by atoms with E-state index in [0.29, 0.717) is 0 Å². The number of benzene rings is 1. The Morgan fingerprint density at radius 1 is 1.00 bits per heavy atom. The minimum absolute atomic E-state index is 0.0424. The standard InChI is InChI=1S/C23H29FN4O9/c1-11(29)34-18-10-33-21(20(36-13(3)31)19(18)35-12(2)30)37-17-9-15(24)14(23(4,5)6)8-16(17)28-22(32)27(7)25-26-28/h8-9,18-21H,10H2,1-7H3/t18-,19-,20+,21?/m1/s1. The first-order valence-corrected chi connectivity index (χ1v) is 11.3. The number of nitrogens with zero attached hydrogens (tertiary/aromatic N) is 4. The monoisotopic (exact) mass is 524 g/mol. The topological polar surface area (TPSA) is 150 Å². The van der Waals surface area contributed by atoms with Crippen molar-refractivity contribution in [2.75, 3.05) is 6.61 Å². The lowest BCUT2D eigenvalue weighted by molar-refractivity contribution is -0.259. The molecule has 37 heavy (non-hydrogen) atoms. The summed E-state index contributed by atoms with van der Waals surface area (Å²) >= 11 is 0. The zero-order valence-electron chi connectivity index (χ0n) is 21.5. The first kappa shape index (κ1) is 27.8. The molecule has 0 aliphatic carbocycles. The lowest BCUT2D eigenvalue weighted by atomic mass is 9.86. The number of hydrogen-bond donors (Lipinski definition) is 0. The van der Waals surface area contributed by atoms with E-state index < -0.39 is 59.4 Å². The van der Waals surface area contributed by atoms with Gasteiger partial charge in [-0.25, -0.2) is 9.18 Å². The Hall–Kier alpha value is -3.81. The van der Waals surface area contributed by atoms with Crippen LogP contribution in [0, 0.1) is 5.82 Å². The highest BCUT2D eigenvalue weighted by atomic mass is 19.1. The molecule has 0 radical (unpaired) electrons. The van der Waals surface area contributed by atoms with Crippen molar-refractivity contribution in [1.29, 1.82) is 0 Å². The third-order valence-corrected chi connectivity index (χ3v) is 5.35. The summed E-state index contributed by atoms with van der Waals surface area (Å²) in [6, 6.07) is 2.44. The van der Waals surface area contributed by atoms with Crippen molar-refractivity contribution in [2.45, 2.75) is 71.6 Å². The Balaban J connectivity index is 2.10. The van der Waals surface area contributed by atoms with E-state index in [1.807, 2.05) is 0 Å². The second-order valence-corrected chi connectivity index (χ2v) is 9.46. The van der Waals surface area contributed by atoms with Gasteiger partial charge in [0.1, 0.15) is 11.5 Å². The number of rotatable bonds is 6. The molecule has 13 nitrogen and oxygen atoms in total. The first-order valence-electron chi connectivity index (χ1n) is 11.3. The van der Waals surface area contributed by atoms with Gasteiger partial charge in [-0.15, -0.1) is 0 Å². The molecule has 2 heterocycles. The predicted molar refractivity (Wildman–Crippen MR) is 122 cm³/mol. The number of esters is 3. The maximum Gasteiger partial charge on any atom is 0.368 e. The molecule has 0 spiro atoms. The van der Waals surface area contributed by atoms with Crippen LogP contribution < -0.4 is 10.4 Å². The van der Waals surface area contributed by atoms with Gasteiger partial charge >= 0.3 is 23.6 Å². The number of aromatic nitrogens is 4.